The number of imide groups is 1. The Morgan fingerprint density at radius 3 is 2.57 bits per heavy atom. The average molecular weight is 411 g/mol. The quantitative estimate of drug-likeness (QED) is 0.420. The van der Waals surface area contributed by atoms with Gasteiger partial charge in [0, 0.05) is 17.2 Å². The van der Waals surface area contributed by atoms with Gasteiger partial charge >= 0.3 is 0 Å². The number of nitro groups is 1. The molecule has 0 unspecified atom stereocenters. The highest BCUT2D eigenvalue weighted by Gasteiger charge is 2.56. The van der Waals surface area contributed by atoms with Gasteiger partial charge in [-0.25, -0.2) is 4.90 Å². The number of fused-ring (bicyclic) bond motifs is 1. The van der Waals surface area contributed by atoms with Crippen LogP contribution in [-0.4, -0.2) is 42.8 Å². The normalized spacial score (nSPS) is 20.0. The third-order valence-corrected chi connectivity index (χ3v) is 5.14. The predicted molar refractivity (Wildman–Crippen MR) is 105 cm³/mol. The van der Waals surface area contributed by atoms with Crippen molar-refractivity contribution in [3.63, 3.8) is 0 Å². The summed E-state index contributed by atoms with van der Waals surface area (Å²) >= 11 is 0. The zero-order chi connectivity index (χ0) is 21.6. The minimum absolute atomic E-state index is 0.109. The lowest BCUT2D eigenvalue weighted by Crippen LogP contribution is -2.33. The van der Waals surface area contributed by atoms with E-state index in [1.54, 1.807) is 25.1 Å². The first-order chi connectivity index (χ1) is 14.4. The van der Waals surface area contributed by atoms with E-state index in [2.05, 4.69) is 5.16 Å². The van der Waals surface area contributed by atoms with Gasteiger partial charge in [0.15, 0.2) is 11.5 Å². The van der Waals surface area contributed by atoms with Gasteiger partial charge in [-0.1, -0.05) is 17.3 Å². The van der Waals surface area contributed by atoms with E-state index in [0.717, 1.165) is 4.90 Å². The number of methoxy groups -OCH3 is 2. The third kappa shape index (κ3) is 2.76. The number of hydrogen-bond donors (Lipinski definition) is 0. The maximum Gasteiger partial charge on any atom is 0.278 e. The molecule has 2 atom stereocenters. The van der Waals surface area contributed by atoms with Gasteiger partial charge in [-0.2, -0.15) is 0 Å². The Labute approximate surface area is 170 Å². The van der Waals surface area contributed by atoms with Crippen LogP contribution in [0.5, 0.6) is 11.5 Å². The molecule has 0 saturated carbocycles. The van der Waals surface area contributed by atoms with Crippen LogP contribution < -0.4 is 14.4 Å². The SMILES string of the molecule is COc1cccc(C2=NO[C@H]3C(=O)N(c4ccc(C)c([N+](=O)[O-])c4)C(=O)[C@@H]23)c1OC. The number of carbonyl (C=O) groups is 2. The van der Waals surface area contributed by atoms with Crippen molar-refractivity contribution < 1.29 is 28.8 Å². The Morgan fingerprint density at radius 2 is 1.90 bits per heavy atom. The summed E-state index contributed by atoms with van der Waals surface area (Å²) in [6.45, 7) is 1.58. The molecule has 1 saturated heterocycles. The second kappa shape index (κ2) is 7.14. The van der Waals surface area contributed by atoms with Crippen LogP contribution in [0.2, 0.25) is 0 Å². The number of nitrogens with zero attached hydrogens (tertiary/aromatic N) is 3. The molecule has 0 spiro atoms. The Balaban J connectivity index is 1.75. The lowest BCUT2D eigenvalue weighted by atomic mass is 9.93. The van der Waals surface area contributed by atoms with E-state index in [-0.39, 0.29) is 17.1 Å². The maximum absolute atomic E-state index is 13.2. The van der Waals surface area contributed by atoms with Crippen molar-refractivity contribution in [2.75, 3.05) is 19.1 Å². The molecular weight excluding hydrogens is 394 g/mol. The van der Waals surface area contributed by atoms with Crippen molar-refractivity contribution in [2.24, 2.45) is 11.1 Å². The molecule has 154 valence electrons. The zero-order valence-corrected chi connectivity index (χ0v) is 16.3. The predicted octanol–water partition coefficient (Wildman–Crippen LogP) is 2.21. The topological polar surface area (TPSA) is 121 Å². The van der Waals surface area contributed by atoms with Crippen LogP contribution in [0.15, 0.2) is 41.6 Å². The molecule has 2 amide bonds. The highest BCUT2D eigenvalue weighted by Crippen LogP contribution is 2.40. The van der Waals surface area contributed by atoms with E-state index in [4.69, 9.17) is 14.3 Å². The van der Waals surface area contributed by atoms with Crippen molar-refractivity contribution >= 4 is 28.9 Å². The Morgan fingerprint density at radius 1 is 1.13 bits per heavy atom. The number of amides is 2. The van der Waals surface area contributed by atoms with Gasteiger partial charge in [-0.3, -0.25) is 19.7 Å². The van der Waals surface area contributed by atoms with E-state index >= 15 is 0 Å². The van der Waals surface area contributed by atoms with Crippen LogP contribution in [0.3, 0.4) is 0 Å². The van der Waals surface area contributed by atoms with Gasteiger partial charge in [-0.05, 0) is 25.1 Å². The first-order valence-electron chi connectivity index (χ1n) is 8.97. The first kappa shape index (κ1) is 19.4. The number of carbonyl (C=O) groups excluding carboxylic acids is 2. The summed E-state index contributed by atoms with van der Waals surface area (Å²) in [6.07, 6.45) is -1.15. The molecule has 2 heterocycles. The summed E-state index contributed by atoms with van der Waals surface area (Å²) in [7, 11) is 2.93. The number of anilines is 1. The van der Waals surface area contributed by atoms with E-state index in [1.807, 2.05) is 0 Å². The van der Waals surface area contributed by atoms with Gasteiger partial charge in [0.05, 0.1) is 24.8 Å². The molecule has 0 aliphatic carbocycles. The third-order valence-electron chi connectivity index (χ3n) is 5.14. The number of ether oxygens (including phenoxy) is 2. The number of aryl methyl sites for hydroxylation is 1. The largest absolute Gasteiger partial charge is 0.493 e. The van der Waals surface area contributed by atoms with Crippen molar-refractivity contribution in [1.82, 2.24) is 0 Å². The summed E-state index contributed by atoms with van der Waals surface area (Å²) in [5.41, 5.74) is 1.04. The summed E-state index contributed by atoms with van der Waals surface area (Å²) in [4.78, 5) is 43.0. The molecule has 0 bridgehead atoms. The van der Waals surface area contributed by atoms with E-state index < -0.39 is 28.8 Å². The molecule has 4 rings (SSSR count). The Bertz CT molecular complexity index is 1110. The van der Waals surface area contributed by atoms with Crippen molar-refractivity contribution in [3.8, 4) is 11.5 Å². The molecule has 0 N–H and O–H groups in total. The number of benzene rings is 2. The summed E-state index contributed by atoms with van der Waals surface area (Å²) in [5.74, 6) is -1.43. The van der Waals surface area contributed by atoms with E-state index in [9.17, 15) is 19.7 Å². The van der Waals surface area contributed by atoms with Gasteiger partial charge in [0.25, 0.3) is 11.6 Å². The molecular formula is C20H17N3O7. The fourth-order valence-electron chi connectivity index (χ4n) is 3.68. The minimum atomic E-state index is -1.15. The standard InChI is InChI=1S/C20H17N3O7/c1-10-7-8-11(9-13(10)23(26)27)22-19(24)15-16(21-30-18(15)20(22)25)12-5-4-6-14(28-2)17(12)29-3/h4-9,15,18H,1-3H3/t15-,18+/m0/s1. The minimum Gasteiger partial charge on any atom is -0.493 e. The summed E-state index contributed by atoms with van der Waals surface area (Å²) in [6, 6.07) is 9.26. The van der Waals surface area contributed by atoms with Crippen LogP contribution in [0.25, 0.3) is 0 Å². The van der Waals surface area contributed by atoms with Crippen molar-refractivity contribution in [2.45, 2.75) is 13.0 Å². The number of oxime groups is 1. The summed E-state index contributed by atoms with van der Waals surface area (Å²) in [5, 5.41) is 15.2. The molecule has 2 aliphatic rings. The van der Waals surface area contributed by atoms with E-state index in [0.29, 0.717) is 22.6 Å². The molecule has 10 heteroatoms. The monoisotopic (exact) mass is 411 g/mol. The average Bonchev–Trinajstić information content (AvgIpc) is 3.28. The molecule has 2 aliphatic heterocycles. The number of hydrogen-bond acceptors (Lipinski definition) is 8. The second-order valence-electron chi connectivity index (χ2n) is 6.76. The highest BCUT2D eigenvalue weighted by molar-refractivity contribution is 6.32. The van der Waals surface area contributed by atoms with Gasteiger partial charge in [0.1, 0.15) is 11.6 Å². The number of nitro benzene ring substituents is 1. The van der Waals surface area contributed by atoms with Crippen molar-refractivity contribution in [3.05, 3.63) is 57.6 Å². The molecule has 30 heavy (non-hydrogen) atoms. The van der Waals surface area contributed by atoms with Crippen LogP contribution in [-0.2, 0) is 14.4 Å². The molecule has 0 radical (unpaired) electrons. The van der Waals surface area contributed by atoms with Gasteiger partial charge in [0.2, 0.25) is 12.0 Å². The van der Waals surface area contributed by atoms with Gasteiger partial charge < -0.3 is 14.3 Å². The van der Waals surface area contributed by atoms with Gasteiger partial charge in [-0.15, -0.1) is 0 Å². The number of rotatable bonds is 5. The fraction of sp³-hybridized carbons (Fsp3) is 0.250. The Hall–Kier alpha value is -3.95. The molecule has 2 aromatic rings. The zero-order valence-electron chi connectivity index (χ0n) is 16.3. The van der Waals surface area contributed by atoms with E-state index in [1.165, 1.54) is 32.4 Å². The first-order valence-corrected chi connectivity index (χ1v) is 8.97. The van der Waals surface area contributed by atoms with Crippen LogP contribution >= 0.6 is 0 Å². The number of para-hydroxylation sites is 1. The second-order valence-corrected chi connectivity index (χ2v) is 6.76. The Kier molecular flexibility index (Phi) is 4.61. The van der Waals surface area contributed by atoms with Crippen LogP contribution in [0, 0.1) is 23.0 Å². The molecule has 1 fully saturated rings. The highest BCUT2D eigenvalue weighted by atomic mass is 16.7. The fourth-order valence-corrected chi connectivity index (χ4v) is 3.68. The molecule has 0 aromatic heterocycles. The lowest BCUT2D eigenvalue weighted by molar-refractivity contribution is -0.385. The van der Waals surface area contributed by atoms with Crippen LogP contribution in [0.4, 0.5) is 11.4 Å². The lowest BCUT2D eigenvalue weighted by Gasteiger charge is -2.16. The smallest absolute Gasteiger partial charge is 0.278 e. The molecule has 2 aromatic carbocycles. The maximum atomic E-state index is 13.2. The summed E-state index contributed by atoms with van der Waals surface area (Å²) < 4.78 is 10.7. The van der Waals surface area contributed by atoms with Crippen LogP contribution in [0.1, 0.15) is 11.1 Å². The van der Waals surface area contributed by atoms with Crippen molar-refractivity contribution in [1.29, 1.82) is 0 Å². The molecule has 10 nitrogen and oxygen atoms in total.